The average molecular weight is 160 g/mol. The molecule has 3 heteroatoms. The number of hydrogen-bond acceptors (Lipinski definition) is 2. The van der Waals surface area contributed by atoms with Crippen molar-refractivity contribution in [2.45, 2.75) is 6.04 Å². The van der Waals surface area contributed by atoms with Gasteiger partial charge in [-0.3, -0.25) is 4.79 Å². The Kier molecular flexibility index (Phi) is 1.52. The summed E-state index contributed by atoms with van der Waals surface area (Å²) in [5.41, 5.74) is 7.29. The lowest BCUT2D eigenvalue weighted by molar-refractivity contribution is -0.113. The van der Waals surface area contributed by atoms with Crippen molar-refractivity contribution in [2.24, 2.45) is 10.7 Å². The van der Waals surface area contributed by atoms with Crippen molar-refractivity contribution in [1.82, 2.24) is 0 Å². The fourth-order valence-electron chi connectivity index (χ4n) is 1.21. The smallest absolute Gasteiger partial charge is 0.270 e. The van der Waals surface area contributed by atoms with Gasteiger partial charge >= 0.3 is 0 Å². The van der Waals surface area contributed by atoms with E-state index in [0.29, 0.717) is 5.71 Å². The van der Waals surface area contributed by atoms with Crippen molar-refractivity contribution >= 4 is 11.6 Å². The summed E-state index contributed by atoms with van der Waals surface area (Å²) >= 11 is 0. The molecule has 1 aliphatic carbocycles. The van der Waals surface area contributed by atoms with Crippen LogP contribution in [0.3, 0.4) is 0 Å². The molecule has 0 saturated heterocycles. The van der Waals surface area contributed by atoms with Crippen molar-refractivity contribution < 1.29 is 4.79 Å². The minimum Gasteiger partial charge on any atom is -0.321 e. The van der Waals surface area contributed by atoms with E-state index < -0.39 is 0 Å². The molecule has 2 aliphatic rings. The third kappa shape index (κ3) is 1.14. The molecule has 1 aliphatic heterocycles. The SMILES string of the molecule is NC1C=CC2=NC(=O)C=CC2=C1. The third-order valence-corrected chi connectivity index (χ3v) is 1.78. The largest absolute Gasteiger partial charge is 0.321 e. The Morgan fingerprint density at radius 3 is 3.00 bits per heavy atom. The molecular formula is C9H8N2O. The van der Waals surface area contributed by atoms with Gasteiger partial charge in [-0.15, -0.1) is 0 Å². The second-order valence-electron chi connectivity index (χ2n) is 2.73. The van der Waals surface area contributed by atoms with Gasteiger partial charge in [0.05, 0.1) is 5.71 Å². The standard InChI is InChI=1S/C9H8N2O/c10-7-2-3-8-6(5-7)1-4-9(12)11-8/h1-5,7H,10H2. The maximum Gasteiger partial charge on any atom is 0.270 e. The molecule has 1 heterocycles. The number of fused-ring (bicyclic) bond motifs is 1. The number of amides is 1. The Balaban J connectivity index is 2.41. The Labute approximate surface area is 70.0 Å². The second-order valence-corrected chi connectivity index (χ2v) is 2.73. The lowest BCUT2D eigenvalue weighted by Crippen LogP contribution is -2.21. The molecule has 12 heavy (non-hydrogen) atoms. The maximum atomic E-state index is 10.8. The molecule has 0 aromatic heterocycles. The number of hydrogen-bond donors (Lipinski definition) is 1. The number of nitrogens with two attached hydrogens (primary N) is 1. The summed E-state index contributed by atoms with van der Waals surface area (Å²) < 4.78 is 0. The van der Waals surface area contributed by atoms with Crippen LogP contribution in [-0.4, -0.2) is 17.7 Å². The summed E-state index contributed by atoms with van der Waals surface area (Å²) in [7, 11) is 0. The number of rotatable bonds is 0. The number of nitrogens with zero attached hydrogens (tertiary/aromatic N) is 1. The molecule has 1 amide bonds. The Morgan fingerprint density at radius 2 is 2.17 bits per heavy atom. The topological polar surface area (TPSA) is 55.4 Å². The van der Waals surface area contributed by atoms with E-state index in [1.807, 2.05) is 12.2 Å². The molecular weight excluding hydrogens is 152 g/mol. The first-order valence-corrected chi connectivity index (χ1v) is 3.72. The van der Waals surface area contributed by atoms with Crippen LogP contribution in [0.5, 0.6) is 0 Å². The van der Waals surface area contributed by atoms with Gasteiger partial charge in [0.15, 0.2) is 0 Å². The minimum atomic E-state index is -0.206. The predicted octanol–water partition coefficient (Wildman–Crippen LogP) is 0.347. The first kappa shape index (κ1) is 7.18. The summed E-state index contributed by atoms with van der Waals surface area (Å²) in [6.07, 6.45) is 8.66. The highest BCUT2D eigenvalue weighted by Crippen LogP contribution is 2.13. The van der Waals surface area contributed by atoms with Crippen molar-refractivity contribution in [3.8, 4) is 0 Å². The molecule has 1 atom stereocenters. The van der Waals surface area contributed by atoms with E-state index >= 15 is 0 Å². The van der Waals surface area contributed by atoms with Crippen molar-refractivity contribution in [2.75, 3.05) is 0 Å². The zero-order valence-corrected chi connectivity index (χ0v) is 6.40. The molecule has 0 aromatic rings. The van der Waals surface area contributed by atoms with Crippen LogP contribution in [0.25, 0.3) is 0 Å². The second kappa shape index (κ2) is 2.53. The van der Waals surface area contributed by atoms with Crippen molar-refractivity contribution in [3.63, 3.8) is 0 Å². The summed E-state index contributed by atoms with van der Waals surface area (Å²) in [5, 5.41) is 0. The highest BCUT2D eigenvalue weighted by atomic mass is 16.1. The highest BCUT2D eigenvalue weighted by molar-refractivity contribution is 6.19. The number of allylic oxidation sites excluding steroid dienone is 3. The lowest BCUT2D eigenvalue weighted by Gasteiger charge is -2.13. The van der Waals surface area contributed by atoms with E-state index in [0.717, 1.165) is 5.57 Å². The fraction of sp³-hybridized carbons (Fsp3) is 0.111. The van der Waals surface area contributed by atoms with Crippen LogP contribution < -0.4 is 5.73 Å². The predicted molar refractivity (Wildman–Crippen MR) is 46.8 cm³/mol. The Morgan fingerprint density at radius 1 is 1.33 bits per heavy atom. The molecule has 0 spiro atoms. The highest BCUT2D eigenvalue weighted by Gasteiger charge is 2.13. The van der Waals surface area contributed by atoms with Gasteiger partial charge < -0.3 is 5.73 Å². The fourth-order valence-corrected chi connectivity index (χ4v) is 1.21. The van der Waals surface area contributed by atoms with E-state index in [-0.39, 0.29) is 11.9 Å². The molecule has 1 unspecified atom stereocenters. The lowest BCUT2D eigenvalue weighted by atomic mass is 9.99. The zero-order chi connectivity index (χ0) is 8.55. The first-order valence-electron chi connectivity index (χ1n) is 3.72. The molecule has 60 valence electrons. The van der Waals surface area contributed by atoms with E-state index in [1.165, 1.54) is 6.08 Å². The van der Waals surface area contributed by atoms with Gasteiger partial charge in [-0.2, -0.15) is 0 Å². The van der Waals surface area contributed by atoms with E-state index in [9.17, 15) is 4.79 Å². The summed E-state index contributed by atoms with van der Waals surface area (Å²) in [4.78, 5) is 14.7. The molecule has 0 radical (unpaired) electrons. The number of carbonyl (C=O) groups is 1. The van der Waals surface area contributed by atoms with Gasteiger partial charge in [-0.25, -0.2) is 4.99 Å². The van der Waals surface area contributed by atoms with Crippen LogP contribution in [0.2, 0.25) is 0 Å². The van der Waals surface area contributed by atoms with Gasteiger partial charge in [0, 0.05) is 12.1 Å². The molecule has 2 rings (SSSR count). The van der Waals surface area contributed by atoms with E-state index in [4.69, 9.17) is 5.73 Å². The quantitative estimate of drug-likeness (QED) is 0.555. The average Bonchev–Trinajstić information content (AvgIpc) is 2.05. The molecule has 0 fully saturated rings. The maximum absolute atomic E-state index is 10.8. The minimum absolute atomic E-state index is 0.0585. The van der Waals surface area contributed by atoms with Gasteiger partial charge in [-0.05, 0) is 17.7 Å². The third-order valence-electron chi connectivity index (χ3n) is 1.78. The van der Waals surface area contributed by atoms with Crippen molar-refractivity contribution in [1.29, 1.82) is 0 Å². The molecule has 0 aromatic carbocycles. The Bertz CT molecular complexity index is 348. The molecule has 0 saturated carbocycles. The molecule has 0 bridgehead atoms. The van der Waals surface area contributed by atoms with Crippen molar-refractivity contribution in [3.05, 3.63) is 36.0 Å². The summed E-state index contributed by atoms with van der Waals surface area (Å²) in [5.74, 6) is -0.206. The van der Waals surface area contributed by atoms with Crippen LogP contribution in [-0.2, 0) is 4.79 Å². The van der Waals surface area contributed by atoms with Gasteiger partial charge in [0.1, 0.15) is 0 Å². The van der Waals surface area contributed by atoms with E-state index in [1.54, 1.807) is 12.2 Å². The molecule has 2 N–H and O–H groups in total. The normalized spacial score (nSPS) is 26.4. The van der Waals surface area contributed by atoms with Gasteiger partial charge in [-0.1, -0.05) is 12.2 Å². The molecule has 3 nitrogen and oxygen atoms in total. The monoisotopic (exact) mass is 160 g/mol. The van der Waals surface area contributed by atoms with Crippen LogP contribution in [0.1, 0.15) is 0 Å². The zero-order valence-electron chi connectivity index (χ0n) is 6.40. The first-order chi connectivity index (χ1) is 5.75. The number of aliphatic imine (C=N–C) groups is 1. The van der Waals surface area contributed by atoms with E-state index in [2.05, 4.69) is 4.99 Å². The van der Waals surface area contributed by atoms with Crippen LogP contribution >= 0.6 is 0 Å². The van der Waals surface area contributed by atoms with Crippen LogP contribution in [0.15, 0.2) is 40.9 Å². The van der Waals surface area contributed by atoms with Crippen LogP contribution in [0, 0.1) is 0 Å². The number of carbonyl (C=O) groups excluding carboxylic acids is 1. The summed E-state index contributed by atoms with van der Waals surface area (Å²) in [6.45, 7) is 0. The Hall–Kier alpha value is -1.48. The number of dihydropyridines is 1. The van der Waals surface area contributed by atoms with Gasteiger partial charge in [0.2, 0.25) is 0 Å². The van der Waals surface area contributed by atoms with Crippen LogP contribution in [0.4, 0.5) is 0 Å². The summed E-state index contributed by atoms with van der Waals surface area (Å²) in [6, 6.07) is -0.0585. The van der Waals surface area contributed by atoms with Gasteiger partial charge in [0.25, 0.3) is 5.91 Å².